The van der Waals surface area contributed by atoms with E-state index in [1.165, 1.54) is 0 Å². The zero-order chi connectivity index (χ0) is 15.6. The van der Waals surface area contributed by atoms with E-state index in [9.17, 15) is 9.59 Å². The van der Waals surface area contributed by atoms with Crippen molar-refractivity contribution in [3.05, 3.63) is 0 Å². The average molecular weight is 293 g/mol. The van der Waals surface area contributed by atoms with Gasteiger partial charge in [0.25, 0.3) is 5.91 Å². The third kappa shape index (κ3) is 1.68. The summed E-state index contributed by atoms with van der Waals surface area (Å²) < 4.78 is 5.72. The molecule has 0 N–H and O–H groups in total. The summed E-state index contributed by atoms with van der Waals surface area (Å²) in [6, 6.07) is 0. The van der Waals surface area contributed by atoms with Gasteiger partial charge in [-0.25, -0.2) is 0 Å². The fourth-order valence-electron chi connectivity index (χ4n) is 4.81. The monoisotopic (exact) mass is 293 g/mol. The normalized spacial score (nSPS) is 44.8. The standard InChI is InChI=1S/C17H27NO3/c1-11-8-12(2)10-18(9-11)13(19)17-7-6-16(5,14(20)21-17)15(17,3)4/h11-12H,6-10H2,1-5H3/t11-,12+,16-,17+/m1/s1. The molecule has 4 nitrogen and oxygen atoms in total. The van der Waals surface area contributed by atoms with E-state index in [2.05, 4.69) is 13.8 Å². The van der Waals surface area contributed by atoms with Gasteiger partial charge in [-0.05, 0) is 38.0 Å². The highest BCUT2D eigenvalue weighted by atomic mass is 16.6. The van der Waals surface area contributed by atoms with Crippen molar-refractivity contribution >= 4 is 11.9 Å². The molecule has 2 heterocycles. The minimum absolute atomic E-state index is 0.0421. The van der Waals surface area contributed by atoms with E-state index in [0.29, 0.717) is 18.3 Å². The molecule has 2 aliphatic heterocycles. The van der Waals surface area contributed by atoms with E-state index < -0.39 is 16.4 Å². The number of piperidine rings is 1. The number of amides is 1. The first-order valence-corrected chi connectivity index (χ1v) is 8.17. The van der Waals surface area contributed by atoms with Gasteiger partial charge >= 0.3 is 5.97 Å². The van der Waals surface area contributed by atoms with Crippen LogP contribution < -0.4 is 0 Å². The van der Waals surface area contributed by atoms with Crippen LogP contribution in [-0.4, -0.2) is 35.5 Å². The van der Waals surface area contributed by atoms with Crippen LogP contribution >= 0.6 is 0 Å². The second-order valence-corrected chi connectivity index (χ2v) is 8.33. The van der Waals surface area contributed by atoms with Crippen molar-refractivity contribution in [3.63, 3.8) is 0 Å². The lowest BCUT2D eigenvalue weighted by Crippen LogP contribution is -2.57. The summed E-state index contributed by atoms with van der Waals surface area (Å²) in [6.07, 6.45) is 2.58. The number of fused-ring (bicyclic) bond motifs is 2. The number of ether oxygens (including phenoxy) is 1. The lowest BCUT2D eigenvalue weighted by molar-refractivity contribution is -0.175. The van der Waals surface area contributed by atoms with Crippen molar-refractivity contribution in [2.75, 3.05) is 13.1 Å². The van der Waals surface area contributed by atoms with Crippen molar-refractivity contribution in [1.29, 1.82) is 0 Å². The van der Waals surface area contributed by atoms with E-state index in [0.717, 1.165) is 25.9 Å². The van der Waals surface area contributed by atoms with E-state index in [4.69, 9.17) is 4.74 Å². The van der Waals surface area contributed by atoms with Crippen LogP contribution in [0.4, 0.5) is 0 Å². The lowest BCUT2D eigenvalue weighted by atomic mass is 9.66. The van der Waals surface area contributed by atoms with Crippen molar-refractivity contribution in [2.24, 2.45) is 22.7 Å². The molecule has 1 saturated carbocycles. The van der Waals surface area contributed by atoms with Gasteiger partial charge in [0, 0.05) is 18.5 Å². The fraction of sp³-hybridized carbons (Fsp3) is 0.882. The van der Waals surface area contributed by atoms with Crippen LogP contribution in [0.3, 0.4) is 0 Å². The molecular weight excluding hydrogens is 266 g/mol. The van der Waals surface area contributed by atoms with Crippen molar-refractivity contribution in [1.82, 2.24) is 4.90 Å². The molecule has 0 aromatic heterocycles. The number of esters is 1. The number of hydrogen-bond acceptors (Lipinski definition) is 3. The molecule has 1 amide bonds. The van der Waals surface area contributed by atoms with Crippen molar-refractivity contribution < 1.29 is 14.3 Å². The van der Waals surface area contributed by atoms with Gasteiger partial charge in [0.15, 0.2) is 5.60 Å². The highest BCUT2D eigenvalue weighted by Crippen LogP contribution is 2.66. The molecule has 3 rings (SSSR count). The molecular formula is C17H27NO3. The maximum Gasteiger partial charge on any atom is 0.313 e. The van der Waals surface area contributed by atoms with Gasteiger partial charge in [-0.2, -0.15) is 0 Å². The van der Waals surface area contributed by atoms with E-state index in [-0.39, 0.29) is 11.9 Å². The van der Waals surface area contributed by atoms with Crippen LogP contribution in [0.2, 0.25) is 0 Å². The molecule has 118 valence electrons. The predicted octanol–water partition coefficient (Wildman–Crippen LogP) is 2.61. The Morgan fingerprint density at radius 3 is 2.14 bits per heavy atom. The Bertz CT molecular complexity index is 490. The third-order valence-corrected chi connectivity index (χ3v) is 6.59. The summed E-state index contributed by atoms with van der Waals surface area (Å²) in [7, 11) is 0. The minimum Gasteiger partial charge on any atom is -0.448 e. The summed E-state index contributed by atoms with van der Waals surface area (Å²) in [6.45, 7) is 12.0. The summed E-state index contributed by atoms with van der Waals surface area (Å²) in [5.41, 5.74) is -1.89. The molecule has 3 aliphatic rings. The Balaban J connectivity index is 1.93. The largest absolute Gasteiger partial charge is 0.448 e. The van der Waals surface area contributed by atoms with Crippen molar-refractivity contribution in [3.8, 4) is 0 Å². The van der Waals surface area contributed by atoms with E-state index in [1.54, 1.807) is 0 Å². The minimum atomic E-state index is -0.935. The van der Waals surface area contributed by atoms with Crippen LogP contribution in [0, 0.1) is 22.7 Å². The molecule has 21 heavy (non-hydrogen) atoms. The topological polar surface area (TPSA) is 46.6 Å². The Kier molecular flexibility index (Phi) is 3.00. The average Bonchev–Trinajstić information content (AvgIpc) is 2.67. The zero-order valence-corrected chi connectivity index (χ0v) is 13.9. The molecule has 4 atom stereocenters. The first kappa shape index (κ1) is 14.9. The highest BCUT2D eigenvalue weighted by Gasteiger charge is 2.76. The first-order chi connectivity index (χ1) is 9.64. The number of rotatable bonds is 1. The molecule has 0 aromatic carbocycles. The van der Waals surface area contributed by atoms with Crippen LogP contribution in [0.5, 0.6) is 0 Å². The van der Waals surface area contributed by atoms with Gasteiger partial charge in [-0.3, -0.25) is 9.59 Å². The number of carbonyl (C=O) groups is 2. The second-order valence-electron chi connectivity index (χ2n) is 8.33. The van der Waals surface area contributed by atoms with Gasteiger partial charge in [0.05, 0.1) is 5.41 Å². The molecule has 0 spiro atoms. The number of carbonyl (C=O) groups excluding carboxylic acids is 2. The van der Waals surface area contributed by atoms with Crippen LogP contribution in [0.15, 0.2) is 0 Å². The summed E-state index contributed by atoms with van der Waals surface area (Å²) in [5.74, 6) is 0.884. The predicted molar refractivity (Wildman–Crippen MR) is 79.5 cm³/mol. The van der Waals surface area contributed by atoms with Gasteiger partial charge in [0.1, 0.15) is 0 Å². The molecule has 2 saturated heterocycles. The maximum atomic E-state index is 13.2. The van der Waals surface area contributed by atoms with Gasteiger partial charge in [-0.15, -0.1) is 0 Å². The fourth-order valence-corrected chi connectivity index (χ4v) is 4.81. The molecule has 4 heteroatoms. The quantitative estimate of drug-likeness (QED) is 0.698. The molecule has 2 bridgehead atoms. The smallest absolute Gasteiger partial charge is 0.313 e. The summed E-state index contributed by atoms with van der Waals surface area (Å²) in [5, 5.41) is 0. The van der Waals surface area contributed by atoms with Gasteiger partial charge in [-0.1, -0.05) is 27.7 Å². The second kappa shape index (κ2) is 4.23. The third-order valence-electron chi connectivity index (χ3n) is 6.59. The Morgan fingerprint density at radius 2 is 1.71 bits per heavy atom. The SMILES string of the molecule is C[C@@H]1C[C@H](C)CN(C(=O)[C@]23CC[C@](C)(C(=O)O2)C3(C)C)C1. The molecule has 0 unspecified atom stereocenters. The Labute approximate surface area is 127 Å². The Hall–Kier alpha value is -1.06. The van der Waals surface area contributed by atoms with Crippen LogP contribution in [0.1, 0.15) is 53.9 Å². The maximum absolute atomic E-state index is 13.2. The lowest BCUT2D eigenvalue weighted by Gasteiger charge is -2.42. The molecule has 3 fully saturated rings. The zero-order valence-electron chi connectivity index (χ0n) is 13.9. The number of nitrogens with zero attached hydrogens (tertiary/aromatic N) is 1. The molecule has 0 aromatic rings. The number of likely N-dealkylation sites (tertiary alicyclic amines) is 1. The van der Waals surface area contributed by atoms with Crippen molar-refractivity contribution in [2.45, 2.75) is 59.5 Å². The van der Waals surface area contributed by atoms with Crippen LogP contribution in [-0.2, 0) is 14.3 Å². The van der Waals surface area contributed by atoms with E-state index in [1.807, 2.05) is 25.7 Å². The summed E-state index contributed by atoms with van der Waals surface area (Å²) >= 11 is 0. The van der Waals surface area contributed by atoms with Gasteiger partial charge in [0.2, 0.25) is 0 Å². The number of hydrogen-bond donors (Lipinski definition) is 0. The molecule has 1 aliphatic carbocycles. The highest BCUT2D eigenvalue weighted by molar-refractivity contribution is 5.96. The first-order valence-electron chi connectivity index (χ1n) is 8.17. The summed E-state index contributed by atoms with van der Waals surface area (Å²) in [4.78, 5) is 27.5. The van der Waals surface area contributed by atoms with E-state index >= 15 is 0 Å². The van der Waals surface area contributed by atoms with Gasteiger partial charge < -0.3 is 9.64 Å². The Morgan fingerprint density at radius 1 is 1.14 bits per heavy atom. The molecule has 0 radical (unpaired) electrons. The van der Waals surface area contributed by atoms with Crippen LogP contribution in [0.25, 0.3) is 0 Å².